The first-order valence-electron chi connectivity index (χ1n) is 12.2. The first-order chi connectivity index (χ1) is 15.4. The molecule has 0 aliphatic carbocycles. The molecule has 0 N–H and O–H groups in total. The highest BCUT2D eigenvalue weighted by molar-refractivity contribution is 6.61. The van der Waals surface area contributed by atoms with Gasteiger partial charge in [-0.3, -0.25) is 9.69 Å². The molecule has 0 aromatic carbocycles. The molecule has 9 nitrogen and oxygen atoms in total. The topological polar surface area (TPSA) is 84.7 Å². The van der Waals surface area contributed by atoms with E-state index in [1.165, 1.54) is 0 Å². The summed E-state index contributed by atoms with van der Waals surface area (Å²) in [6.45, 7) is 16.9. The summed E-state index contributed by atoms with van der Waals surface area (Å²) in [5.41, 5.74) is 0. The molecule has 0 amide bonds. The van der Waals surface area contributed by atoms with Crippen molar-refractivity contribution in [2.75, 3.05) is 59.3 Å². The molecule has 190 valence electrons. The van der Waals surface area contributed by atoms with Gasteiger partial charge in [0.15, 0.2) is 0 Å². The zero-order valence-corrected chi connectivity index (χ0v) is 23.0. The fourth-order valence-electron chi connectivity index (χ4n) is 3.70. The molecule has 0 radical (unpaired) electrons. The number of ether oxygens (including phenoxy) is 1. The normalized spacial score (nSPS) is 18.7. The van der Waals surface area contributed by atoms with Gasteiger partial charge in [-0.2, -0.15) is 0 Å². The van der Waals surface area contributed by atoms with Gasteiger partial charge in [0.1, 0.15) is 6.04 Å². The summed E-state index contributed by atoms with van der Waals surface area (Å²) < 4.78 is 40.7. The third kappa shape index (κ3) is 10.3. The standard InChI is InChI=1S/C21H45NO8Si2/c1-7-25-31(26-8-2,27-9-3)17-13-15-22-19-20(22)21(23)24-16-14-18-32(28-10-4,29-11-5)30-12-6/h20H,7-19H2,1-6H3. The van der Waals surface area contributed by atoms with Crippen LogP contribution < -0.4 is 0 Å². The van der Waals surface area contributed by atoms with E-state index in [-0.39, 0.29) is 12.0 Å². The van der Waals surface area contributed by atoms with Crippen LogP contribution in [0.4, 0.5) is 0 Å². The monoisotopic (exact) mass is 495 g/mol. The molecule has 0 spiro atoms. The van der Waals surface area contributed by atoms with Crippen LogP contribution in [-0.2, 0) is 36.1 Å². The van der Waals surface area contributed by atoms with Crippen molar-refractivity contribution in [2.45, 2.75) is 72.5 Å². The van der Waals surface area contributed by atoms with E-state index in [1.54, 1.807) is 0 Å². The molecule has 1 aliphatic heterocycles. The molecule has 0 saturated carbocycles. The third-order valence-electron chi connectivity index (χ3n) is 4.97. The number of carbonyl (C=O) groups is 1. The Kier molecular flexibility index (Phi) is 15.1. The van der Waals surface area contributed by atoms with Crippen LogP contribution in [0.15, 0.2) is 0 Å². The summed E-state index contributed by atoms with van der Waals surface area (Å²) in [5, 5.41) is 0. The minimum atomic E-state index is -2.68. The number of hydrogen-bond donors (Lipinski definition) is 0. The van der Waals surface area contributed by atoms with Crippen LogP contribution in [0.2, 0.25) is 12.1 Å². The van der Waals surface area contributed by atoms with Crippen LogP contribution in [0.25, 0.3) is 0 Å². The van der Waals surface area contributed by atoms with Crippen LogP contribution in [0, 0.1) is 0 Å². The molecule has 2 atom stereocenters. The van der Waals surface area contributed by atoms with Crippen LogP contribution in [0.3, 0.4) is 0 Å². The average molecular weight is 496 g/mol. The van der Waals surface area contributed by atoms with E-state index in [1.807, 2.05) is 41.5 Å². The van der Waals surface area contributed by atoms with Crippen LogP contribution in [-0.4, -0.2) is 93.9 Å². The van der Waals surface area contributed by atoms with E-state index >= 15 is 0 Å². The highest BCUT2D eigenvalue weighted by atomic mass is 28.4. The van der Waals surface area contributed by atoms with Gasteiger partial charge in [0.25, 0.3) is 0 Å². The van der Waals surface area contributed by atoms with Crippen molar-refractivity contribution in [3.8, 4) is 0 Å². The molecule has 0 aromatic heterocycles. The lowest BCUT2D eigenvalue weighted by Crippen LogP contribution is -2.46. The van der Waals surface area contributed by atoms with Gasteiger partial charge in [-0.25, -0.2) is 0 Å². The smallest absolute Gasteiger partial charge is 0.464 e. The maximum absolute atomic E-state index is 12.4. The molecule has 1 saturated heterocycles. The summed E-state index contributed by atoms with van der Waals surface area (Å²) >= 11 is 0. The van der Waals surface area contributed by atoms with Crippen molar-refractivity contribution in [1.29, 1.82) is 0 Å². The lowest BCUT2D eigenvalue weighted by molar-refractivity contribution is -0.144. The quantitative estimate of drug-likeness (QED) is 0.103. The maximum atomic E-state index is 12.4. The third-order valence-corrected chi connectivity index (χ3v) is 11.3. The van der Waals surface area contributed by atoms with E-state index < -0.39 is 17.6 Å². The second-order valence-electron chi connectivity index (χ2n) is 7.35. The number of carbonyl (C=O) groups excluding carboxylic acids is 1. The van der Waals surface area contributed by atoms with Crippen molar-refractivity contribution >= 4 is 23.6 Å². The summed E-state index contributed by atoms with van der Waals surface area (Å²) in [4.78, 5) is 14.5. The Morgan fingerprint density at radius 3 is 1.53 bits per heavy atom. The van der Waals surface area contributed by atoms with Crippen molar-refractivity contribution in [3.05, 3.63) is 0 Å². The van der Waals surface area contributed by atoms with Crippen molar-refractivity contribution in [2.24, 2.45) is 0 Å². The molecular weight excluding hydrogens is 450 g/mol. The molecule has 1 rings (SSSR count). The van der Waals surface area contributed by atoms with Crippen molar-refractivity contribution < 1.29 is 36.1 Å². The second kappa shape index (κ2) is 16.3. The van der Waals surface area contributed by atoms with Crippen LogP contribution >= 0.6 is 0 Å². The summed E-state index contributed by atoms with van der Waals surface area (Å²) in [6, 6.07) is 1.24. The van der Waals surface area contributed by atoms with E-state index in [4.69, 9.17) is 31.3 Å². The Bertz CT molecular complexity index is 480. The summed E-state index contributed by atoms with van der Waals surface area (Å²) in [7, 11) is -5.31. The molecule has 1 aliphatic rings. The highest BCUT2D eigenvalue weighted by Gasteiger charge is 2.44. The van der Waals surface area contributed by atoms with Gasteiger partial charge in [-0.05, 0) is 60.9 Å². The highest BCUT2D eigenvalue weighted by Crippen LogP contribution is 2.24. The second-order valence-corrected chi connectivity index (χ2v) is 12.8. The van der Waals surface area contributed by atoms with Crippen molar-refractivity contribution in [1.82, 2.24) is 4.90 Å². The predicted molar refractivity (Wildman–Crippen MR) is 126 cm³/mol. The fourth-order valence-corrected chi connectivity index (χ4v) is 8.88. The van der Waals surface area contributed by atoms with Gasteiger partial charge >= 0.3 is 23.6 Å². The number of hydrogen-bond acceptors (Lipinski definition) is 9. The van der Waals surface area contributed by atoms with Gasteiger partial charge in [-0.1, -0.05) is 0 Å². The zero-order valence-electron chi connectivity index (χ0n) is 21.0. The van der Waals surface area contributed by atoms with Crippen molar-refractivity contribution in [3.63, 3.8) is 0 Å². The van der Waals surface area contributed by atoms with Gasteiger partial charge in [-0.15, -0.1) is 0 Å². The van der Waals surface area contributed by atoms with Crippen LogP contribution in [0.5, 0.6) is 0 Å². The minimum absolute atomic E-state index is 0.148. The largest absolute Gasteiger partial charge is 0.501 e. The lowest BCUT2D eigenvalue weighted by atomic mass is 10.4. The molecule has 1 heterocycles. The lowest BCUT2D eigenvalue weighted by Gasteiger charge is -2.28. The SMILES string of the molecule is CCO[Si](CCCOC(=O)C1CN1CCC[Si](OCC)(OCC)OCC)(OCC)OCC. The Morgan fingerprint density at radius 2 is 1.12 bits per heavy atom. The zero-order chi connectivity index (χ0) is 23.9. The minimum Gasteiger partial charge on any atom is -0.464 e. The van der Waals surface area contributed by atoms with E-state index in [9.17, 15) is 4.79 Å². The van der Waals surface area contributed by atoms with E-state index in [2.05, 4.69) is 4.90 Å². The van der Waals surface area contributed by atoms with Gasteiger partial charge < -0.3 is 31.3 Å². The number of nitrogens with zero attached hydrogens (tertiary/aromatic N) is 1. The molecule has 0 aromatic rings. The molecule has 1 fully saturated rings. The van der Waals surface area contributed by atoms with Gasteiger partial charge in [0.05, 0.1) is 6.61 Å². The summed E-state index contributed by atoms with van der Waals surface area (Å²) in [5.74, 6) is -0.163. The predicted octanol–water partition coefficient (Wildman–Crippen LogP) is 3.09. The molecular formula is C21H45NO8Si2. The Hall–Kier alpha value is -0.376. The first-order valence-corrected chi connectivity index (χ1v) is 16.1. The maximum Gasteiger partial charge on any atom is 0.501 e. The van der Waals surface area contributed by atoms with Gasteiger partial charge in [0.2, 0.25) is 0 Å². The molecule has 2 unspecified atom stereocenters. The number of esters is 1. The average Bonchev–Trinajstić information content (AvgIpc) is 3.52. The molecule has 11 heteroatoms. The first kappa shape index (κ1) is 29.7. The molecule has 0 bridgehead atoms. The Labute approximate surface area is 196 Å². The van der Waals surface area contributed by atoms with E-state index in [0.717, 1.165) is 25.6 Å². The summed E-state index contributed by atoms with van der Waals surface area (Å²) in [6.07, 6.45) is 1.52. The van der Waals surface area contributed by atoms with Crippen LogP contribution in [0.1, 0.15) is 54.4 Å². The Balaban J connectivity index is 2.35. The Morgan fingerprint density at radius 1 is 0.719 bits per heavy atom. The van der Waals surface area contributed by atoms with Gasteiger partial charge in [0, 0.05) is 58.3 Å². The van der Waals surface area contributed by atoms with E-state index in [0.29, 0.717) is 58.7 Å². The molecule has 32 heavy (non-hydrogen) atoms. The number of rotatable bonds is 21. The fraction of sp³-hybridized carbons (Fsp3) is 0.952.